The molecule has 2 rings (SSSR count). The molecule has 0 radical (unpaired) electrons. The van der Waals surface area contributed by atoms with Crippen LogP contribution < -0.4 is 10.6 Å². The first-order valence-electron chi connectivity index (χ1n) is 5.37. The maximum atomic E-state index is 10.6. The number of carboxylic acid groups (broad SMARTS) is 1. The molecule has 2 heterocycles. The lowest BCUT2D eigenvalue weighted by molar-refractivity contribution is 0.0660. The topological polar surface area (TPSA) is 74.5 Å². The van der Waals surface area contributed by atoms with Crippen molar-refractivity contribution in [2.24, 2.45) is 0 Å². The van der Waals surface area contributed by atoms with Gasteiger partial charge in [0.05, 0.1) is 6.54 Å². The average Bonchev–Trinajstić information content (AvgIpc) is 2.84. The summed E-state index contributed by atoms with van der Waals surface area (Å²) in [6.45, 7) is 4.65. The first-order valence-corrected chi connectivity index (χ1v) is 5.37. The van der Waals surface area contributed by atoms with Crippen molar-refractivity contribution >= 4 is 5.97 Å². The van der Waals surface area contributed by atoms with Gasteiger partial charge in [0.15, 0.2) is 0 Å². The molecule has 1 fully saturated rings. The molecule has 5 heteroatoms. The second-order valence-electron chi connectivity index (χ2n) is 4.41. The van der Waals surface area contributed by atoms with E-state index in [9.17, 15) is 4.79 Å². The number of hydrogen-bond acceptors (Lipinski definition) is 4. The minimum absolute atomic E-state index is 0.00787. The Kier molecular flexibility index (Phi) is 2.98. The number of furan rings is 1. The van der Waals surface area contributed by atoms with E-state index >= 15 is 0 Å². The van der Waals surface area contributed by atoms with E-state index in [-0.39, 0.29) is 11.3 Å². The Morgan fingerprint density at radius 3 is 3.06 bits per heavy atom. The monoisotopic (exact) mass is 224 g/mol. The predicted molar refractivity (Wildman–Crippen MR) is 58.4 cm³/mol. The molecule has 1 aromatic rings. The van der Waals surface area contributed by atoms with Gasteiger partial charge in [0.25, 0.3) is 0 Å². The predicted octanol–water partition coefficient (Wildman–Crippen LogP) is 0.819. The molecule has 0 bridgehead atoms. The Morgan fingerprint density at radius 1 is 1.69 bits per heavy atom. The smallest absolute Gasteiger partial charge is 0.371 e. The first kappa shape index (κ1) is 11.2. The van der Waals surface area contributed by atoms with Gasteiger partial charge in [0.2, 0.25) is 5.76 Å². The van der Waals surface area contributed by atoms with Crippen molar-refractivity contribution in [3.8, 4) is 0 Å². The van der Waals surface area contributed by atoms with Gasteiger partial charge in [-0.3, -0.25) is 0 Å². The van der Waals surface area contributed by atoms with Crippen molar-refractivity contribution in [3.63, 3.8) is 0 Å². The zero-order valence-electron chi connectivity index (χ0n) is 9.25. The lowest BCUT2D eigenvalue weighted by atomic mass is 10.0. The van der Waals surface area contributed by atoms with E-state index in [1.807, 2.05) is 0 Å². The molecule has 1 atom stereocenters. The molecule has 0 saturated carbocycles. The number of hydrogen-bond donors (Lipinski definition) is 3. The minimum atomic E-state index is -1.03. The Balaban J connectivity index is 1.91. The fourth-order valence-corrected chi connectivity index (χ4v) is 1.86. The molecule has 1 aromatic heterocycles. The Labute approximate surface area is 93.8 Å². The molecular weight excluding hydrogens is 208 g/mol. The van der Waals surface area contributed by atoms with Crippen LogP contribution in [0.1, 0.15) is 29.7 Å². The van der Waals surface area contributed by atoms with Crippen LogP contribution in [0.25, 0.3) is 0 Å². The van der Waals surface area contributed by atoms with Crippen LogP contribution >= 0.6 is 0 Å². The van der Waals surface area contributed by atoms with Crippen LogP contribution in [0.15, 0.2) is 16.5 Å². The highest BCUT2D eigenvalue weighted by Gasteiger charge is 2.27. The fraction of sp³-hybridized carbons (Fsp3) is 0.545. The zero-order chi connectivity index (χ0) is 11.6. The second kappa shape index (κ2) is 4.27. The standard InChI is InChI=1S/C11H16N2O3/c1-11(4-5-12-7-11)13-6-8-2-3-9(16-8)10(14)15/h2-3,12-13H,4-7H2,1H3,(H,14,15). The van der Waals surface area contributed by atoms with Crippen molar-refractivity contribution in [3.05, 3.63) is 23.7 Å². The molecule has 5 nitrogen and oxygen atoms in total. The number of nitrogens with one attached hydrogen (secondary N) is 2. The molecule has 1 saturated heterocycles. The normalized spacial score (nSPS) is 24.8. The van der Waals surface area contributed by atoms with Gasteiger partial charge in [-0.1, -0.05) is 0 Å². The van der Waals surface area contributed by atoms with Gasteiger partial charge in [0, 0.05) is 12.1 Å². The highest BCUT2D eigenvalue weighted by Crippen LogP contribution is 2.15. The molecule has 88 valence electrons. The third-order valence-electron chi connectivity index (χ3n) is 2.93. The van der Waals surface area contributed by atoms with Crippen molar-refractivity contribution < 1.29 is 14.3 Å². The van der Waals surface area contributed by atoms with E-state index in [4.69, 9.17) is 9.52 Å². The van der Waals surface area contributed by atoms with Crippen LogP contribution in [0, 0.1) is 0 Å². The van der Waals surface area contributed by atoms with Crippen molar-refractivity contribution in [1.82, 2.24) is 10.6 Å². The van der Waals surface area contributed by atoms with Crippen molar-refractivity contribution in [2.75, 3.05) is 13.1 Å². The highest BCUT2D eigenvalue weighted by molar-refractivity contribution is 5.84. The molecule has 0 aliphatic carbocycles. The van der Waals surface area contributed by atoms with Gasteiger partial charge in [-0.05, 0) is 32.0 Å². The number of rotatable bonds is 4. The second-order valence-corrected chi connectivity index (χ2v) is 4.41. The minimum Gasteiger partial charge on any atom is -0.475 e. The van der Waals surface area contributed by atoms with Crippen LogP contribution in [0.2, 0.25) is 0 Å². The molecule has 0 aromatic carbocycles. The third kappa shape index (κ3) is 2.43. The fourth-order valence-electron chi connectivity index (χ4n) is 1.86. The van der Waals surface area contributed by atoms with E-state index in [0.717, 1.165) is 19.5 Å². The van der Waals surface area contributed by atoms with Gasteiger partial charge in [-0.2, -0.15) is 0 Å². The van der Waals surface area contributed by atoms with Crippen LogP contribution in [0.5, 0.6) is 0 Å². The van der Waals surface area contributed by atoms with E-state index in [0.29, 0.717) is 12.3 Å². The van der Waals surface area contributed by atoms with E-state index in [2.05, 4.69) is 17.6 Å². The Morgan fingerprint density at radius 2 is 2.50 bits per heavy atom. The van der Waals surface area contributed by atoms with Gasteiger partial charge in [0.1, 0.15) is 5.76 Å². The molecule has 0 amide bonds. The van der Waals surface area contributed by atoms with Gasteiger partial charge < -0.3 is 20.2 Å². The number of carbonyl (C=O) groups is 1. The average molecular weight is 224 g/mol. The van der Waals surface area contributed by atoms with Crippen molar-refractivity contribution in [1.29, 1.82) is 0 Å². The molecule has 16 heavy (non-hydrogen) atoms. The van der Waals surface area contributed by atoms with Gasteiger partial charge in [-0.15, -0.1) is 0 Å². The molecular formula is C11H16N2O3. The molecule has 1 aliphatic rings. The lowest BCUT2D eigenvalue weighted by Crippen LogP contribution is -2.43. The maximum Gasteiger partial charge on any atom is 0.371 e. The largest absolute Gasteiger partial charge is 0.475 e. The van der Waals surface area contributed by atoms with Crippen LogP contribution in [-0.4, -0.2) is 29.7 Å². The van der Waals surface area contributed by atoms with E-state index in [1.165, 1.54) is 6.07 Å². The summed E-state index contributed by atoms with van der Waals surface area (Å²) in [5.41, 5.74) is 0.0795. The van der Waals surface area contributed by atoms with E-state index in [1.54, 1.807) is 6.07 Å². The quantitative estimate of drug-likeness (QED) is 0.706. The summed E-state index contributed by atoms with van der Waals surface area (Å²) in [6.07, 6.45) is 1.07. The van der Waals surface area contributed by atoms with Crippen molar-refractivity contribution in [2.45, 2.75) is 25.4 Å². The molecule has 1 aliphatic heterocycles. The maximum absolute atomic E-state index is 10.6. The Bertz CT molecular complexity index is 380. The summed E-state index contributed by atoms with van der Waals surface area (Å²) < 4.78 is 5.17. The van der Waals surface area contributed by atoms with Gasteiger partial charge >= 0.3 is 5.97 Å². The Hall–Kier alpha value is -1.33. The first-order chi connectivity index (χ1) is 7.59. The molecule has 0 spiro atoms. The summed E-state index contributed by atoms with van der Waals surface area (Å²) in [5, 5.41) is 15.4. The molecule has 1 unspecified atom stereocenters. The number of carboxylic acids is 1. The SMILES string of the molecule is CC1(NCc2ccc(C(=O)O)o2)CCNC1. The highest BCUT2D eigenvalue weighted by atomic mass is 16.4. The summed E-state index contributed by atoms with van der Waals surface area (Å²) in [5.74, 6) is -0.378. The van der Waals surface area contributed by atoms with Crippen LogP contribution in [0.3, 0.4) is 0 Å². The van der Waals surface area contributed by atoms with E-state index < -0.39 is 5.97 Å². The summed E-state index contributed by atoms with van der Waals surface area (Å²) in [4.78, 5) is 10.6. The zero-order valence-corrected chi connectivity index (χ0v) is 9.25. The van der Waals surface area contributed by atoms with Gasteiger partial charge in [-0.25, -0.2) is 4.79 Å². The third-order valence-corrected chi connectivity index (χ3v) is 2.93. The van der Waals surface area contributed by atoms with Crippen LogP contribution in [0.4, 0.5) is 0 Å². The lowest BCUT2D eigenvalue weighted by Gasteiger charge is -2.23. The summed E-state index contributed by atoms with van der Waals surface area (Å²) in [7, 11) is 0. The van der Waals surface area contributed by atoms with Crippen LogP contribution in [-0.2, 0) is 6.54 Å². The molecule has 3 N–H and O–H groups in total. The summed E-state index contributed by atoms with van der Waals surface area (Å²) in [6, 6.07) is 3.18. The summed E-state index contributed by atoms with van der Waals surface area (Å²) >= 11 is 0. The number of aromatic carboxylic acids is 1.